The van der Waals surface area contributed by atoms with Gasteiger partial charge < -0.3 is 5.73 Å². The summed E-state index contributed by atoms with van der Waals surface area (Å²) >= 11 is 0. The van der Waals surface area contributed by atoms with Gasteiger partial charge in [-0.1, -0.05) is 37.1 Å². The van der Waals surface area contributed by atoms with Crippen LogP contribution in [0.5, 0.6) is 0 Å². The number of anilines is 1. The van der Waals surface area contributed by atoms with E-state index in [9.17, 15) is 4.79 Å². The molecular formula is C16H17NO. The third-order valence-corrected chi connectivity index (χ3v) is 3.91. The number of carbonyl (C=O) groups is 1. The van der Waals surface area contributed by atoms with Gasteiger partial charge in [-0.3, -0.25) is 4.79 Å². The molecule has 2 nitrogen and oxygen atoms in total. The molecule has 0 saturated heterocycles. The Balaban J connectivity index is 2.05. The van der Waals surface area contributed by atoms with E-state index in [1.807, 2.05) is 36.4 Å². The molecule has 2 N–H and O–H groups in total. The molecule has 1 saturated carbocycles. The van der Waals surface area contributed by atoms with Gasteiger partial charge in [0, 0.05) is 17.2 Å². The SMILES string of the molecule is Nc1cc2ccccc2cc1C(=O)C1CCCC1. The van der Waals surface area contributed by atoms with Crippen LogP contribution in [0.2, 0.25) is 0 Å². The summed E-state index contributed by atoms with van der Waals surface area (Å²) in [5, 5.41) is 2.19. The second kappa shape index (κ2) is 4.45. The molecule has 0 unspecified atom stereocenters. The van der Waals surface area contributed by atoms with Crippen LogP contribution in [0.1, 0.15) is 36.0 Å². The predicted molar refractivity (Wildman–Crippen MR) is 74.6 cm³/mol. The number of hydrogen-bond donors (Lipinski definition) is 1. The maximum absolute atomic E-state index is 12.4. The van der Waals surface area contributed by atoms with Crippen molar-refractivity contribution in [3.8, 4) is 0 Å². The van der Waals surface area contributed by atoms with E-state index < -0.39 is 0 Å². The lowest BCUT2D eigenvalue weighted by Gasteiger charge is -2.11. The Kier molecular flexibility index (Phi) is 2.78. The molecule has 0 aromatic heterocycles. The first-order valence-corrected chi connectivity index (χ1v) is 6.58. The van der Waals surface area contributed by atoms with Crippen LogP contribution in [0.25, 0.3) is 10.8 Å². The van der Waals surface area contributed by atoms with Crippen LogP contribution in [-0.4, -0.2) is 5.78 Å². The summed E-state index contributed by atoms with van der Waals surface area (Å²) in [5.74, 6) is 0.421. The highest BCUT2D eigenvalue weighted by Gasteiger charge is 2.25. The predicted octanol–water partition coefficient (Wildman–Crippen LogP) is 3.79. The minimum atomic E-state index is 0.188. The highest BCUT2D eigenvalue weighted by molar-refractivity contribution is 6.06. The fraction of sp³-hybridized carbons (Fsp3) is 0.312. The van der Waals surface area contributed by atoms with Crippen LogP contribution < -0.4 is 5.73 Å². The van der Waals surface area contributed by atoms with Crippen molar-refractivity contribution in [1.82, 2.24) is 0 Å². The number of carbonyl (C=O) groups excluding carboxylic acids is 1. The third kappa shape index (κ3) is 1.88. The summed E-state index contributed by atoms with van der Waals surface area (Å²) in [6.07, 6.45) is 4.38. The molecule has 0 heterocycles. The largest absolute Gasteiger partial charge is 0.398 e. The number of nitrogens with two attached hydrogens (primary N) is 1. The van der Waals surface area contributed by atoms with Crippen LogP contribution in [0.15, 0.2) is 36.4 Å². The summed E-state index contributed by atoms with van der Waals surface area (Å²) < 4.78 is 0. The number of hydrogen-bond acceptors (Lipinski definition) is 2. The quantitative estimate of drug-likeness (QED) is 0.640. The molecule has 2 heteroatoms. The lowest BCUT2D eigenvalue weighted by atomic mass is 9.93. The molecule has 0 aliphatic heterocycles. The molecule has 0 bridgehead atoms. The zero-order valence-electron chi connectivity index (χ0n) is 10.4. The van der Waals surface area contributed by atoms with E-state index in [1.54, 1.807) is 0 Å². The van der Waals surface area contributed by atoms with Gasteiger partial charge in [-0.2, -0.15) is 0 Å². The Bertz CT molecular complexity index is 597. The van der Waals surface area contributed by atoms with Crippen molar-refractivity contribution in [1.29, 1.82) is 0 Å². The standard InChI is InChI=1S/C16H17NO/c17-15-10-13-8-4-3-7-12(13)9-14(15)16(18)11-5-1-2-6-11/h3-4,7-11H,1-2,5-6,17H2. The second-order valence-corrected chi connectivity index (χ2v) is 5.13. The Morgan fingerprint density at radius 1 is 1.06 bits per heavy atom. The zero-order valence-corrected chi connectivity index (χ0v) is 10.4. The molecular weight excluding hydrogens is 222 g/mol. The van der Waals surface area contributed by atoms with Gasteiger partial charge in [0.05, 0.1) is 0 Å². The van der Waals surface area contributed by atoms with E-state index in [2.05, 4.69) is 0 Å². The van der Waals surface area contributed by atoms with E-state index in [-0.39, 0.29) is 11.7 Å². The summed E-state index contributed by atoms with van der Waals surface area (Å²) in [6.45, 7) is 0. The molecule has 3 rings (SSSR count). The lowest BCUT2D eigenvalue weighted by molar-refractivity contribution is 0.0924. The number of Topliss-reactive ketones (excluding diaryl/α,β-unsaturated/α-hetero) is 1. The van der Waals surface area contributed by atoms with Gasteiger partial charge in [-0.05, 0) is 35.7 Å². The van der Waals surface area contributed by atoms with E-state index in [0.717, 1.165) is 23.6 Å². The molecule has 18 heavy (non-hydrogen) atoms. The van der Waals surface area contributed by atoms with Crippen LogP contribution in [0.4, 0.5) is 5.69 Å². The maximum atomic E-state index is 12.4. The molecule has 0 atom stereocenters. The zero-order chi connectivity index (χ0) is 12.5. The van der Waals surface area contributed by atoms with Gasteiger partial charge in [-0.15, -0.1) is 0 Å². The Morgan fingerprint density at radius 3 is 2.33 bits per heavy atom. The number of fused-ring (bicyclic) bond motifs is 1. The van der Waals surface area contributed by atoms with Crippen molar-refractivity contribution in [3.05, 3.63) is 42.0 Å². The monoisotopic (exact) mass is 239 g/mol. The highest BCUT2D eigenvalue weighted by atomic mass is 16.1. The van der Waals surface area contributed by atoms with Crippen molar-refractivity contribution < 1.29 is 4.79 Å². The van der Waals surface area contributed by atoms with Gasteiger partial charge in [-0.25, -0.2) is 0 Å². The molecule has 1 aliphatic carbocycles. The number of ketones is 1. The summed E-state index contributed by atoms with van der Waals surface area (Å²) in [4.78, 5) is 12.4. The van der Waals surface area contributed by atoms with E-state index in [4.69, 9.17) is 5.73 Å². The van der Waals surface area contributed by atoms with Crippen molar-refractivity contribution in [2.45, 2.75) is 25.7 Å². The van der Waals surface area contributed by atoms with E-state index in [0.29, 0.717) is 11.3 Å². The summed E-state index contributed by atoms with van der Waals surface area (Å²) in [5.41, 5.74) is 7.36. The third-order valence-electron chi connectivity index (χ3n) is 3.91. The Labute approximate surface area is 107 Å². The van der Waals surface area contributed by atoms with Crippen molar-refractivity contribution in [2.75, 3.05) is 5.73 Å². The highest BCUT2D eigenvalue weighted by Crippen LogP contribution is 2.31. The average Bonchev–Trinajstić information content (AvgIpc) is 2.91. The van der Waals surface area contributed by atoms with Crippen LogP contribution in [-0.2, 0) is 0 Å². The number of benzene rings is 2. The van der Waals surface area contributed by atoms with Crippen LogP contribution in [0, 0.1) is 5.92 Å². The van der Waals surface area contributed by atoms with Gasteiger partial charge in [0.1, 0.15) is 0 Å². The molecule has 0 amide bonds. The van der Waals surface area contributed by atoms with Gasteiger partial charge in [0.15, 0.2) is 5.78 Å². The first-order chi connectivity index (χ1) is 8.75. The molecule has 0 radical (unpaired) electrons. The fourth-order valence-corrected chi connectivity index (χ4v) is 2.88. The van der Waals surface area contributed by atoms with Crippen LogP contribution >= 0.6 is 0 Å². The summed E-state index contributed by atoms with van der Waals surface area (Å²) in [6, 6.07) is 11.9. The normalized spacial score (nSPS) is 16.2. The molecule has 2 aromatic carbocycles. The van der Waals surface area contributed by atoms with E-state index in [1.165, 1.54) is 12.8 Å². The Hall–Kier alpha value is -1.83. The fourth-order valence-electron chi connectivity index (χ4n) is 2.88. The molecule has 0 spiro atoms. The first-order valence-electron chi connectivity index (χ1n) is 6.58. The minimum absolute atomic E-state index is 0.188. The molecule has 92 valence electrons. The van der Waals surface area contributed by atoms with Crippen molar-refractivity contribution >= 4 is 22.2 Å². The summed E-state index contributed by atoms with van der Waals surface area (Å²) in [7, 11) is 0. The molecule has 2 aromatic rings. The second-order valence-electron chi connectivity index (χ2n) is 5.13. The Morgan fingerprint density at radius 2 is 1.67 bits per heavy atom. The van der Waals surface area contributed by atoms with Crippen molar-refractivity contribution in [2.24, 2.45) is 5.92 Å². The lowest BCUT2D eigenvalue weighted by Crippen LogP contribution is -2.13. The number of rotatable bonds is 2. The van der Waals surface area contributed by atoms with Gasteiger partial charge in [0.2, 0.25) is 0 Å². The molecule has 1 aliphatic rings. The van der Waals surface area contributed by atoms with Crippen LogP contribution in [0.3, 0.4) is 0 Å². The maximum Gasteiger partial charge on any atom is 0.168 e. The first kappa shape index (κ1) is 11.3. The van der Waals surface area contributed by atoms with Gasteiger partial charge in [0.25, 0.3) is 0 Å². The topological polar surface area (TPSA) is 43.1 Å². The minimum Gasteiger partial charge on any atom is -0.398 e. The smallest absolute Gasteiger partial charge is 0.168 e. The van der Waals surface area contributed by atoms with Gasteiger partial charge >= 0.3 is 0 Å². The number of nitrogen functional groups attached to an aromatic ring is 1. The molecule has 1 fully saturated rings. The van der Waals surface area contributed by atoms with Crippen molar-refractivity contribution in [3.63, 3.8) is 0 Å². The average molecular weight is 239 g/mol. The van der Waals surface area contributed by atoms with E-state index >= 15 is 0 Å².